The summed E-state index contributed by atoms with van der Waals surface area (Å²) < 4.78 is 5.86. The maximum Gasteiger partial charge on any atom is 0.123 e. The van der Waals surface area contributed by atoms with Crippen molar-refractivity contribution in [2.45, 2.75) is 32.6 Å². The molecular formula is C15H23NO2. The van der Waals surface area contributed by atoms with Crippen LogP contribution in [0.25, 0.3) is 0 Å². The van der Waals surface area contributed by atoms with Gasteiger partial charge in [0.25, 0.3) is 0 Å². The summed E-state index contributed by atoms with van der Waals surface area (Å²) in [4.78, 5) is 2.44. The molecule has 1 N–H and O–H groups in total. The van der Waals surface area contributed by atoms with Gasteiger partial charge in [-0.25, -0.2) is 0 Å². The van der Waals surface area contributed by atoms with Gasteiger partial charge in [-0.1, -0.05) is 13.8 Å². The Hall–Kier alpha value is -1.22. The third-order valence-electron chi connectivity index (χ3n) is 3.48. The van der Waals surface area contributed by atoms with E-state index in [0.717, 1.165) is 24.5 Å². The van der Waals surface area contributed by atoms with Crippen molar-refractivity contribution >= 4 is 0 Å². The van der Waals surface area contributed by atoms with E-state index in [1.165, 1.54) is 25.9 Å². The van der Waals surface area contributed by atoms with Crippen LogP contribution in [0.4, 0.5) is 0 Å². The highest BCUT2D eigenvalue weighted by atomic mass is 16.5. The first-order valence-corrected chi connectivity index (χ1v) is 6.85. The van der Waals surface area contributed by atoms with E-state index in [0.29, 0.717) is 11.7 Å². The molecule has 0 aliphatic carbocycles. The van der Waals surface area contributed by atoms with Gasteiger partial charge < -0.3 is 9.84 Å². The van der Waals surface area contributed by atoms with Crippen LogP contribution in [0.5, 0.6) is 11.5 Å². The number of benzene rings is 1. The monoisotopic (exact) mass is 249 g/mol. The smallest absolute Gasteiger partial charge is 0.123 e. The topological polar surface area (TPSA) is 32.7 Å². The van der Waals surface area contributed by atoms with E-state index in [2.05, 4.69) is 18.7 Å². The molecule has 0 saturated carbocycles. The van der Waals surface area contributed by atoms with Gasteiger partial charge in [0.05, 0.1) is 0 Å². The maximum absolute atomic E-state index is 9.52. The summed E-state index contributed by atoms with van der Waals surface area (Å²) in [5, 5.41) is 9.52. The molecule has 1 aromatic rings. The fraction of sp³-hybridized carbons (Fsp3) is 0.600. The van der Waals surface area contributed by atoms with E-state index in [9.17, 15) is 5.11 Å². The molecule has 0 spiro atoms. The standard InChI is InChI=1S/C15H23NO2/c1-12(2)14-11-13(17)5-6-15(14)18-10-9-16-7-3-4-8-16/h5-6,11-12,17H,3-4,7-10H2,1-2H3. The Bertz CT molecular complexity index is 384. The highest BCUT2D eigenvalue weighted by Gasteiger charge is 2.12. The molecule has 0 amide bonds. The number of aromatic hydroxyl groups is 1. The zero-order valence-corrected chi connectivity index (χ0v) is 11.4. The first-order chi connectivity index (χ1) is 8.66. The molecule has 0 atom stereocenters. The average Bonchev–Trinajstić information content (AvgIpc) is 2.84. The molecule has 1 aliphatic rings. The maximum atomic E-state index is 9.52. The molecule has 18 heavy (non-hydrogen) atoms. The number of nitrogens with zero attached hydrogens (tertiary/aromatic N) is 1. The van der Waals surface area contributed by atoms with Crippen molar-refractivity contribution in [3.8, 4) is 11.5 Å². The van der Waals surface area contributed by atoms with E-state index < -0.39 is 0 Å². The Morgan fingerprint density at radius 1 is 1.28 bits per heavy atom. The number of rotatable bonds is 5. The van der Waals surface area contributed by atoms with Crippen LogP contribution in [0.3, 0.4) is 0 Å². The summed E-state index contributed by atoms with van der Waals surface area (Å²) in [6.07, 6.45) is 2.63. The molecule has 3 nitrogen and oxygen atoms in total. The van der Waals surface area contributed by atoms with Crippen LogP contribution in [0.15, 0.2) is 18.2 Å². The molecule has 0 aromatic heterocycles. The first kappa shape index (κ1) is 13.2. The summed E-state index contributed by atoms with van der Waals surface area (Å²) in [6.45, 7) is 8.36. The van der Waals surface area contributed by atoms with Crippen molar-refractivity contribution in [1.29, 1.82) is 0 Å². The second-order valence-corrected chi connectivity index (χ2v) is 5.27. The van der Waals surface area contributed by atoms with Crippen LogP contribution in [0, 0.1) is 0 Å². The van der Waals surface area contributed by atoms with Crippen molar-refractivity contribution in [3.05, 3.63) is 23.8 Å². The minimum atomic E-state index is 0.311. The third kappa shape index (κ3) is 3.39. The second-order valence-electron chi connectivity index (χ2n) is 5.27. The molecule has 1 heterocycles. The molecular weight excluding hydrogens is 226 g/mol. The first-order valence-electron chi connectivity index (χ1n) is 6.85. The Kier molecular flexibility index (Phi) is 4.48. The van der Waals surface area contributed by atoms with Gasteiger partial charge in [0, 0.05) is 12.1 Å². The number of phenols is 1. The van der Waals surface area contributed by atoms with Crippen LogP contribution in [0.2, 0.25) is 0 Å². The van der Waals surface area contributed by atoms with Crippen LogP contribution in [-0.4, -0.2) is 36.2 Å². The quantitative estimate of drug-likeness (QED) is 0.870. The lowest BCUT2D eigenvalue weighted by molar-refractivity contribution is 0.235. The zero-order chi connectivity index (χ0) is 13.0. The van der Waals surface area contributed by atoms with E-state index in [-0.39, 0.29) is 0 Å². The Morgan fingerprint density at radius 2 is 2.00 bits per heavy atom. The number of likely N-dealkylation sites (tertiary alicyclic amines) is 1. The van der Waals surface area contributed by atoms with Gasteiger partial charge in [-0.15, -0.1) is 0 Å². The number of hydrogen-bond donors (Lipinski definition) is 1. The van der Waals surface area contributed by atoms with E-state index in [1.54, 1.807) is 12.1 Å². The Morgan fingerprint density at radius 3 is 2.67 bits per heavy atom. The molecule has 1 aromatic carbocycles. The predicted octanol–water partition coefficient (Wildman–Crippen LogP) is 2.99. The molecule has 0 radical (unpaired) electrons. The Labute approximate surface area is 109 Å². The lowest BCUT2D eigenvalue weighted by Gasteiger charge is -2.17. The summed E-state index contributed by atoms with van der Waals surface area (Å²) >= 11 is 0. The third-order valence-corrected chi connectivity index (χ3v) is 3.48. The molecule has 0 bridgehead atoms. The number of phenolic OH excluding ortho intramolecular Hbond substituents is 1. The van der Waals surface area contributed by atoms with Crippen LogP contribution in [-0.2, 0) is 0 Å². The fourth-order valence-corrected chi connectivity index (χ4v) is 2.41. The minimum absolute atomic E-state index is 0.311. The van der Waals surface area contributed by atoms with Gasteiger partial charge in [-0.3, -0.25) is 4.90 Å². The molecule has 100 valence electrons. The predicted molar refractivity (Wildman–Crippen MR) is 73.4 cm³/mol. The summed E-state index contributed by atoms with van der Waals surface area (Å²) in [7, 11) is 0. The van der Waals surface area contributed by atoms with Crippen molar-refractivity contribution in [2.24, 2.45) is 0 Å². The number of hydrogen-bond acceptors (Lipinski definition) is 3. The van der Waals surface area contributed by atoms with Crippen LogP contribution < -0.4 is 4.74 Å². The van der Waals surface area contributed by atoms with Crippen LogP contribution >= 0.6 is 0 Å². The lowest BCUT2D eigenvalue weighted by atomic mass is 10.0. The summed E-state index contributed by atoms with van der Waals surface area (Å²) in [6, 6.07) is 5.36. The van der Waals surface area contributed by atoms with Crippen LogP contribution in [0.1, 0.15) is 38.2 Å². The molecule has 1 saturated heterocycles. The minimum Gasteiger partial charge on any atom is -0.508 e. The van der Waals surface area contributed by atoms with Gasteiger partial charge in [0.15, 0.2) is 0 Å². The van der Waals surface area contributed by atoms with Gasteiger partial charge in [-0.05, 0) is 50.0 Å². The summed E-state index contributed by atoms with van der Waals surface area (Å²) in [5.41, 5.74) is 1.08. The fourth-order valence-electron chi connectivity index (χ4n) is 2.41. The molecule has 3 heteroatoms. The highest BCUT2D eigenvalue weighted by molar-refractivity contribution is 5.41. The molecule has 1 aliphatic heterocycles. The van der Waals surface area contributed by atoms with Crippen molar-refractivity contribution < 1.29 is 9.84 Å². The van der Waals surface area contributed by atoms with E-state index >= 15 is 0 Å². The highest BCUT2D eigenvalue weighted by Crippen LogP contribution is 2.29. The largest absolute Gasteiger partial charge is 0.508 e. The number of ether oxygens (including phenoxy) is 1. The average molecular weight is 249 g/mol. The van der Waals surface area contributed by atoms with Crippen molar-refractivity contribution in [1.82, 2.24) is 4.90 Å². The van der Waals surface area contributed by atoms with E-state index in [4.69, 9.17) is 4.74 Å². The molecule has 2 rings (SSSR count). The molecule has 1 fully saturated rings. The van der Waals surface area contributed by atoms with Crippen molar-refractivity contribution in [3.63, 3.8) is 0 Å². The molecule has 0 unspecified atom stereocenters. The van der Waals surface area contributed by atoms with Gasteiger partial charge in [-0.2, -0.15) is 0 Å². The lowest BCUT2D eigenvalue weighted by Crippen LogP contribution is -2.25. The summed E-state index contributed by atoms with van der Waals surface area (Å²) in [5.74, 6) is 1.58. The normalized spacial score (nSPS) is 16.4. The zero-order valence-electron chi connectivity index (χ0n) is 11.4. The van der Waals surface area contributed by atoms with E-state index in [1.807, 2.05) is 6.07 Å². The van der Waals surface area contributed by atoms with Gasteiger partial charge >= 0.3 is 0 Å². The van der Waals surface area contributed by atoms with Gasteiger partial charge in [0.2, 0.25) is 0 Å². The second kappa shape index (κ2) is 6.10. The van der Waals surface area contributed by atoms with Gasteiger partial charge in [0.1, 0.15) is 18.1 Å². The van der Waals surface area contributed by atoms with Crippen molar-refractivity contribution in [2.75, 3.05) is 26.2 Å². The SMILES string of the molecule is CC(C)c1cc(O)ccc1OCCN1CCCC1. The Balaban J connectivity index is 1.91.